The number of hydrogen-bond donors (Lipinski definition) is 3. The number of phenolic OH excluding ortho intramolecular Hbond substituents is 3. The van der Waals surface area contributed by atoms with Gasteiger partial charge in [0.25, 0.3) is 0 Å². The molecule has 0 spiro atoms. The lowest BCUT2D eigenvalue weighted by Gasteiger charge is -2.10. The number of rotatable bonds is 2. The van der Waals surface area contributed by atoms with Crippen LogP contribution in [0.3, 0.4) is 0 Å². The standard InChI is InChI=1S/C17H14O3/c18-13-7-4-11(5-8-13)10-12-6-9-16(20)17-14(12)2-1-3-15(17)19/h1-9,18-20H,10H2. The van der Waals surface area contributed by atoms with E-state index in [1.807, 2.05) is 24.3 Å². The summed E-state index contributed by atoms with van der Waals surface area (Å²) in [5, 5.41) is 30.4. The van der Waals surface area contributed by atoms with Crippen molar-refractivity contribution in [3.05, 3.63) is 65.7 Å². The van der Waals surface area contributed by atoms with Crippen molar-refractivity contribution in [3.63, 3.8) is 0 Å². The van der Waals surface area contributed by atoms with Crippen molar-refractivity contribution in [1.82, 2.24) is 0 Å². The number of hydrogen-bond acceptors (Lipinski definition) is 3. The Balaban J connectivity index is 2.10. The number of fused-ring (bicyclic) bond motifs is 1. The van der Waals surface area contributed by atoms with Gasteiger partial charge in [-0.2, -0.15) is 0 Å². The van der Waals surface area contributed by atoms with Crippen molar-refractivity contribution in [2.24, 2.45) is 0 Å². The molecule has 0 saturated carbocycles. The minimum atomic E-state index is 0.0764. The molecule has 0 heterocycles. The molecule has 0 aromatic heterocycles. The van der Waals surface area contributed by atoms with Crippen molar-refractivity contribution in [3.8, 4) is 17.2 Å². The predicted octanol–water partition coefficient (Wildman–Crippen LogP) is 3.55. The van der Waals surface area contributed by atoms with Crippen molar-refractivity contribution >= 4 is 10.8 Å². The van der Waals surface area contributed by atoms with Gasteiger partial charge in [0.15, 0.2) is 0 Å². The summed E-state index contributed by atoms with van der Waals surface area (Å²) in [4.78, 5) is 0. The number of aromatic hydroxyl groups is 3. The van der Waals surface area contributed by atoms with E-state index in [1.165, 1.54) is 0 Å². The molecule has 0 unspecified atom stereocenters. The van der Waals surface area contributed by atoms with Crippen LogP contribution in [0.15, 0.2) is 54.6 Å². The summed E-state index contributed by atoms with van der Waals surface area (Å²) in [5.74, 6) is 0.391. The normalized spacial score (nSPS) is 10.8. The molecular formula is C17H14O3. The summed E-state index contributed by atoms with van der Waals surface area (Å²) in [6.45, 7) is 0. The Hall–Kier alpha value is -2.68. The molecule has 0 aliphatic rings. The van der Waals surface area contributed by atoms with E-state index in [2.05, 4.69) is 0 Å². The molecule has 0 bridgehead atoms. The molecule has 3 rings (SSSR count). The topological polar surface area (TPSA) is 60.7 Å². The molecule has 20 heavy (non-hydrogen) atoms. The Labute approximate surface area is 116 Å². The molecule has 0 atom stereocenters. The van der Waals surface area contributed by atoms with E-state index < -0.39 is 0 Å². The van der Waals surface area contributed by atoms with Gasteiger partial charge in [0, 0.05) is 0 Å². The summed E-state index contributed by atoms with van der Waals surface area (Å²) >= 11 is 0. The van der Waals surface area contributed by atoms with E-state index in [1.54, 1.807) is 30.3 Å². The lowest BCUT2D eigenvalue weighted by atomic mass is 9.97. The van der Waals surface area contributed by atoms with Crippen molar-refractivity contribution in [2.45, 2.75) is 6.42 Å². The molecule has 3 heteroatoms. The molecule has 3 nitrogen and oxygen atoms in total. The molecule has 0 radical (unpaired) electrons. The van der Waals surface area contributed by atoms with Crippen LogP contribution in [0.4, 0.5) is 0 Å². The Morgan fingerprint density at radius 1 is 0.700 bits per heavy atom. The molecule has 0 aliphatic carbocycles. The Morgan fingerprint density at radius 3 is 2.15 bits per heavy atom. The van der Waals surface area contributed by atoms with Crippen LogP contribution in [-0.2, 0) is 6.42 Å². The summed E-state index contributed by atoms with van der Waals surface area (Å²) < 4.78 is 0. The minimum absolute atomic E-state index is 0.0764. The van der Waals surface area contributed by atoms with E-state index >= 15 is 0 Å². The maximum atomic E-state index is 9.89. The van der Waals surface area contributed by atoms with Gasteiger partial charge in [-0.05, 0) is 47.2 Å². The van der Waals surface area contributed by atoms with Gasteiger partial charge in [-0.1, -0.05) is 30.3 Å². The number of phenols is 3. The highest BCUT2D eigenvalue weighted by Crippen LogP contribution is 2.35. The smallest absolute Gasteiger partial charge is 0.127 e. The van der Waals surface area contributed by atoms with Crippen LogP contribution in [0.25, 0.3) is 10.8 Å². The first-order chi connectivity index (χ1) is 9.65. The first kappa shape index (κ1) is 12.4. The van der Waals surface area contributed by atoms with Gasteiger partial charge in [0.2, 0.25) is 0 Å². The van der Waals surface area contributed by atoms with Gasteiger partial charge in [-0.25, -0.2) is 0 Å². The van der Waals surface area contributed by atoms with Crippen LogP contribution >= 0.6 is 0 Å². The van der Waals surface area contributed by atoms with Crippen LogP contribution in [0.5, 0.6) is 17.2 Å². The minimum Gasteiger partial charge on any atom is -0.508 e. The monoisotopic (exact) mass is 266 g/mol. The zero-order chi connectivity index (χ0) is 14.1. The molecule has 0 aliphatic heterocycles. The molecule has 100 valence electrons. The highest BCUT2D eigenvalue weighted by atomic mass is 16.3. The summed E-state index contributed by atoms with van der Waals surface area (Å²) in [6.07, 6.45) is 0.667. The van der Waals surface area contributed by atoms with E-state index in [9.17, 15) is 15.3 Å². The average Bonchev–Trinajstić information content (AvgIpc) is 2.44. The fraction of sp³-hybridized carbons (Fsp3) is 0.0588. The SMILES string of the molecule is Oc1ccc(Cc2ccc(O)c3c(O)cccc23)cc1. The Morgan fingerprint density at radius 2 is 1.40 bits per heavy atom. The first-order valence-electron chi connectivity index (χ1n) is 6.35. The van der Waals surface area contributed by atoms with E-state index in [0.29, 0.717) is 11.8 Å². The molecule has 3 aromatic rings. The highest BCUT2D eigenvalue weighted by Gasteiger charge is 2.09. The van der Waals surface area contributed by atoms with Crippen molar-refractivity contribution in [2.75, 3.05) is 0 Å². The fourth-order valence-corrected chi connectivity index (χ4v) is 2.42. The maximum Gasteiger partial charge on any atom is 0.127 e. The third-order valence-corrected chi connectivity index (χ3v) is 3.42. The maximum absolute atomic E-state index is 9.89. The zero-order valence-electron chi connectivity index (χ0n) is 10.7. The van der Waals surface area contributed by atoms with Crippen LogP contribution in [0, 0.1) is 0 Å². The third-order valence-electron chi connectivity index (χ3n) is 3.42. The van der Waals surface area contributed by atoms with E-state index in [-0.39, 0.29) is 17.2 Å². The largest absolute Gasteiger partial charge is 0.508 e. The molecular weight excluding hydrogens is 252 g/mol. The first-order valence-corrected chi connectivity index (χ1v) is 6.35. The molecule has 3 aromatic carbocycles. The highest BCUT2D eigenvalue weighted by molar-refractivity contribution is 5.95. The van der Waals surface area contributed by atoms with Gasteiger partial charge in [-0.15, -0.1) is 0 Å². The van der Waals surface area contributed by atoms with E-state index in [4.69, 9.17) is 0 Å². The van der Waals surface area contributed by atoms with Gasteiger partial charge >= 0.3 is 0 Å². The summed E-state index contributed by atoms with van der Waals surface area (Å²) in [5.41, 5.74) is 2.07. The van der Waals surface area contributed by atoms with Gasteiger partial charge < -0.3 is 15.3 Å². The van der Waals surface area contributed by atoms with Gasteiger partial charge in [0.05, 0.1) is 5.39 Å². The average molecular weight is 266 g/mol. The zero-order valence-corrected chi connectivity index (χ0v) is 10.7. The molecule has 0 fully saturated rings. The Kier molecular flexibility index (Phi) is 2.95. The van der Waals surface area contributed by atoms with Crippen molar-refractivity contribution in [1.29, 1.82) is 0 Å². The molecule has 0 saturated heterocycles. The van der Waals surface area contributed by atoms with Gasteiger partial charge in [-0.3, -0.25) is 0 Å². The van der Waals surface area contributed by atoms with Crippen LogP contribution in [0.1, 0.15) is 11.1 Å². The molecule has 3 N–H and O–H groups in total. The van der Waals surface area contributed by atoms with Gasteiger partial charge in [0.1, 0.15) is 17.2 Å². The fourth-order valence-electron chi connectivity index (χ4n) is 2.42. The quantitative estimate of drug-likeness (QED) is 0.664. The predicted molar refractivity (Wildman–Crippen MR) is 78.2 cm³/mol. The molecule has 0 amide bonds. The lowest BCUT2D eigenvalue weighted by Crippen LogP contribution is -1.90. The summed E-state index contributed by atoms with van der Waals surface area (Å²) in [6, 6.07) is 15.7. The van der Waals surface area contributed by atoms with Crippen LogP contribution in [0.2, 0.25) is 0 Å². The van der Waals surface area contributed by atoms with Crippen molar-refractivity contribution < 1.29 is 15.3 Å². The second kappa shape index (κ2) is 4.78. The summed E-state index contributed by atoms with van der Waals surface area (Å²) in [7, 11) is 0. The number of benzene rings is 3. The van der Waals surface area contributed by atoms with Crippen LogP contribution in [-0.4, -0.2) is 15.3 Å². The lowest BCUT2D eigenvalue weighted by molar-refractivity contribution is 0.464. The Bertz CT molecular complexity index is 753. The van der Waals surface area contributed by atoms with Crippen LogP contribution < -0.4 is 0 Å². The second-order valence-electron chi connectivity index (χ2n) is 4.79. The second-order valence-corrected chi connectivity index (χ2v) is 4.79. The third kappa shape index (κ3) is 2.14. The van der Waals surface area contributed by atoms with E-state index in [0.717, 1.165) is 16.5 Å².